The average Bonchev–Trinajstić information content (AvgIpc) is 2.30. The van der Waals surface area contributed by atoms with Crippen molar-refractivity contribution in [2.75, 3.05) is 5.32 Å². The zero-order valence-corrected chi connectivity index (χ0v) is 11.1. The number of benzene rings is 1. The highest BCUT2D eigenvalue weighted by Crippen LogP contribution is 2.37. The highest BCUT2D eigenvalue weighted by molar-refractivity contribution is 8.01. The van der Waals surface area contributed by atoms with Gasteiger partial charge in [-0.05, 0) is 18.1 Å². The predicted octanol–water partition coefficient (Wildman–Crippen LogP) is 3.78. The molecule has 88 valence electrons. The van der Waals surface area contributed by atoms with Gasteiger partial charge in [-0.25, -0.2) is 0 Å². The molecule has 0 aliphatic carbocycles. The van der Waals surface area contributed by atoms with Gasteiger partial charge < -0.3 is 5.32 Å². The van der Waals surface area contributed by atoms with Crippen molar-refractivity contribution in [2.45, 2.75) is 37.8 Å². The lowest BCUT2D eigenvalue weighted by Gasteiger charge is -2.26. The van der Waals surface area contributed by atoms with Crippen LogP contribution in [0.4, 0.5) is 5.69 Å². The highest BCUT2D eigenvalue weighted by Gasteiger charge is 2.28. The van der Waals surface area contributed by atoms with E-state index in [1.165, 1.54) is 4.90 Å². The number of thioether (sulfide) groups is 1. The Morgan fingerprint density at radius 1 is 1.25 bits per heavy atom. The molecule has 2 nitrogen and oxygen atoms in total. The molecule has 1 aromatic rings. The minimum Gasteiger partial charge on any atom is -0.324 e. The quantitative estimate of drug-likeness (QED) is 0.805. The Morgan fingerprint density at radius 3 is 2.50 bits per heavy atom. The second-order valence-corrected chi connectivity index (χ2v) is 4.95. The summed E-state index contributed by atoms with van der Waals surface area (Å²) in [4.78, 5) is 12.8. The largest absolute Gasteiger partial charge is 0.324 e. The van der Waals surface area contributed by atoms with Crippen LogP contribution in [-0.4, -0.2) is 11.2 Å². The van der Waals surface area contributed by atoms with E-state index in [0.29, 0.717) is 5.92 Å². The molecule has 0 saturated carbocycles. The number of fused-ring (bicyclic) bond motifs is 1. The first-order valence-corrected chi connectivity index (χ1v) is 6.63. The molecule has 1 heterocycles. The molecule has 1 aliphatic heterocycles. The molecular formula is C13H19NOS. The van der Waals surface area contributed by atoms with Crippen molar-refractivity contribution in [1.82, 2.24) is 0 Å². The zero-order valence-electron chi connectivity index (χ0n) is 10.3. The number of carbonyl (C=O) groups excluding carboxylic acids is 1. The third-order valence-electron chi connectivity index (χ3n) is 2.26. The van der Waals surface area contributed by atoms with Crippen LogP contribution in [0.15, 0.2) is 29.2 Å². The van der Waals surface area contributed by atoms with E-state index in [0.717, 1.165) is 5.69 Å². The number of carbonyl (C=O) groups is 1. The first kappa shape index (κ1) is 13.1. The van der Waals surface area contributed by atoms with E-state index >= 15 is 0 Å². The summed E-state index contributed by atoms with van der Waals surface area (Å²) in [5.74, 6) is 0.497. The van der Waals surface area contributed by atoms with Gasteiger partial charge in [-0.2, -0.15) is 0 Å². The van der Waals surface area contributed by atoms with Crippen LogP contribution in [0.1, 0.15) is 27.7 Å². The van der Waals surface area contributed by atoms with Crippen molar-refractivity contribution in [1.29, 1.82) is 0 Å². The van der Waals surface area contributed by atoms with E-state index in [1.807, 2.05) is 32.0 Å². The van der Waals surface area contributed by atoms with Gasteiger partial charge in [-0.1, -0.05) is 39.8 Å². The Balaban J connectivity index is 0.000000606. The van der Waals surface area contributed by atoms with Gasteiger partial charge in [0.15, 0.2) is 0 Å². The Kier molecular flexibility index (Phi) is 4.87. The lowest BCUT2D eigenvalue weighted by atomic mass is 10.1. The number of anilines is 1. The van der Waals surface area contributed by atoms with E-state index in [1.54, 1.807) is 11.8 Å². The van der Waals surface area contributed by atoms with Crippen LogP contribution in [-0.2, 0) is 4.79 Å². The van der Waals surface area contributed by atoms with Crippen LogP contribution in [0.25, 0.3) is 0 Å². The lowest BCUT2D eigenvalue weighted by molar-refractivity contribution is -0.116. The van der Waals surface area contributed by atoms with Gasteiger partial charge in [0.05, 0.1) is 10.9 Å². The molecule has 16 heavy (non-hydrogen) atoms. The van der Waals surface area contributed by atoms with Crippen LogP contribution in [0.3, 0.4) is 0 Å². The van der Waals surface area contributed by atoms with Gasteiger partial charge in [0, 0.05) is 4.90 Å². The molecule has 0 aromatic heterocycles. The molecule has 1 aromatic carbocycles. The molecule has 0 bridgehead atoms. The fourth-order valence-electron chi connectivity index (χ4n) is 1.51. The molecule has 0 spiro atoms. The number of hydrogen-bond acceptors (Lipinski definition) is 2. The Morgan fingerprint density at radius 2 is 1.88 bits per heavy atom. The third-order valence-corrected chi connectivity index (χ3v) is 3.89. The molecular weight excluding hydrogens is 218 g/mol. The zero-order chi connectivity index (χ0) is 12.1. The maximum Gasteiger partial charge on any atom is 0.238 e. The van der Waals surface area contributed by atoms with Crippen LogP contribution in [0, 0.1) is 5.92 Å². The summed E-state index contributed by atoms with van der Waals surface area (Å²) in [5.41, 5.74) is 0.944. The summed E-state index contributed by atoms with van der Waals surface area (Å²) < 4.78 is 0. The summed E-state index contributed by atoms with van der Waals surface area (Å²) in [6, 6.07) is 7.93. The molecule has 1 N–H and O–H groups in total. The maximum absolute atomic E-state index is 11.7. The molecule has 1 aliphatic rings. The summed E-state index contributed by atoms with van der Waals surface area (Å²) in [6.07, 6.45) is 0. The molecule has 0 radical (unpaired) electrons. The fraction of sp³-hybridized carbons (Fsp3) is 0.462. The standard InChI is InChI=1S/C11H13NOS.C2H6/c1-7(2)10-11(13)12-8-5-3-4-6-9(8)14-10;1-2/h3-7,10H,1-2H3,(H,12,13);1-2H3. The number of nitrogens with one attached hydrogen (secondary N) is 1. The van der Waals surface area contributed by atoms with Crippen LogP contribution in [0.5, 0.6) is 0 Å². The van der Waals surface area contributed by atoms with Crippen molar-refractivity contribution >= 4 is 23.4 Å². The lowest BCUT2D eigenvalue weighted by Crippen LogP contribution is -2.32. The number of hydrogen-bond donors (Lipinski definition) is 1. The van der Waals surface area contributed by atoms with Crippen LogP contribution < -0.4 is 5.32 Å². The van der Waals surface area contributed by atoms with Crippen molar-refractivity contribution < 1.29 is 4.79 Å². The van der Waals surface area contributed by atoms with E-state index in [2.05, 4.69) is 25.2 Å². The third kappa shape index (κ3) is 2.79. The molecule has 0 fully saturated rings. The van der Waals surface area contributed by atoms with E-state index in [-0.39, 0.29) is 11.2 Å². The maximum atomic E-state index is 11.7. The van der Waals surface area contributed by atoms with Gasteiger partial charge >= 0.3 is 0 Å². The second-order valence-electron chi connectivity index (χ2n) is 3.77. The van der Waals surface area contributed by atoms with E-state index in [4.69, 9.17) is 0 Å². The van der Waals surface area contributed by atoms with Crippen molar-refractivity contribution in [3.63, 3.8) is 0 Å². The first-order valence-electron chi connectivity index (χ1n) is 5.75. The molecule has 1 atom stereocenters. The normalized spacial score (nSPS) is 18.3. The SMILES string of the molecule is CC.CC(C)C1Sc2ccccc2NC1=O. The smallest absolute Gasteiger partial charge is 0.238 e. The Labute approximate surface area is 102 Å². The van der Waals surface area contributed by atoms with Crippen molar-refractivity contribution in [3.8, 4) is 0 Å². The number of rotatable bonds is 1. The molecule has 1 amide bonds. The average molecular weight is 237 g/mol. The number of para-hydroxylation sites is 1. The van der Waals surface area contributed by atoms with Gasteiger partial charge in [0.2, 0.25) is 5.91 Å². The van der Waals surface area contributed by atoms with Gasteiger partial charge in [0.1, 0.15) is 0 Å². The van der Waals surface area contributed by atoms with E-state index in [9.17, 15) is 4.79 Å². The molecule has 3 heteroatoms. The fourth-order valence-corrected chi connectivity index (χ4v) is 2.62. The molecule has 1 unspecified atom stereocenters. The first-order chi connectivity index (χ1) is 7.68. The van der Waals surface area contributed by atoms with Gasteiger partial charge in [-0.15, -0.1) is 11.8 Å². The topological polar surface area (TPSA) is 29.1 Å². The van der Waals surface area contributed by atoms with Crippen LogP contribution in [0.2, 0.25) is 0 Å². The monoisotopic (exact) mass is 237 g/mol. The predicted molar refractivity (Wildman–Crippen MR) is 70.9 cm³/mol. The summed E-state index contributed by atoms with van der Waals surface area (Å²) in [7, 11) is 0. The Bertz CT molecular complexity index is 363. The van der Waals surface area contributed by atoms with Gasteiger partial charge in [0.25, 0.3) is 0 Å². The minimum absolute atomic E-state index is 0.0462. The number of amides is 1. The van der Waals surface area contributed by atoms with E-state index < -0.39 is 0 Å². The Hall–Kier alpha value is -0.960. The summed E-state index contributed by atoms with van der Waals surface area (Å²) in [6.45, 7) is 8.15. The van der Waals surface area contributed by atoms with Crippen molar-refractivity contribution in [2.24, 2.45) is 5.92 Å². The van der Waals surface area contributed by atoms with Crippen LogP contribution >= 0.6 is 11.8 Å². The summed E-state index contributed by atoms with van der Waals surface area (Å²) in [5, 5.41) is 2.98. The van der Waals surface area contributed by atoms with Crippen molar-refractivity contribution in [3.05, 3.63) is 24.3 Å². The minimum atomic E-state index is 0.0462. The second kappa shape index (κ2) is 5.94. The molecule has 0 saturated heterocycles. The highest BCUT2D eigenvalue weighted by atomic mass is 32.2. The summed E-state index contributed by atoms with van der Waals surface area (Å²) >= 11 is 1.66. The molecule has 2 rings (SSSR count). The van der Waals surface area contributed by atoms with Gasteiger partial charge in [-0.3, -0.25) is 4.79 Å².